The molecule has 1 aromatic carbocycles. The normalized spacial score (nSPS) is 10.6. The first-order valence-electron chi connectivity index (χ1n) is 7.02. The zero-order valence-electron chi connectivity index (χ0n) is 12.7. The Labute approximate surface area is 147 Å². The van der Waals surface area contributed by atoms with E-state index in [1.54, 1.807) is 0 Å². The molecule has 0 bridgehead atoms. The number of aromatic nitrogens is 1. The van der Waals surface area contributed by atoms with Gasteiger partial charge in [-0.25, -0.2) is 9.78 Å². The number of carbonyl (C=O) groups excluding carboxylic acids is 1. The predicted octanol–water partition coefficient (Wildman–Crippen LogP) is 4.03. The van der Waals surface area contributed by atoms with Crippen LogP contribution in [0.4, 0.5) is 18.0 Å². The van der Waals surface area contributed by atoms with E-state index in [0.29, 0.717) is 6.20 Å². The second-order valence-electron chi connectivity index (χ2n) is 4.77. The van der Waals surface area contributed by atoms with Crippen LogP contribution >= 0.6 is 11.6 Å². The highest BCUT2D eigenvalue weighted by Crippen LogP contribution is 2.30. The zero-order chi connectivity index (χ0) is 18.3. The molecule has 25 heavy (non-hydrogen) atoms. The molecular weight excluding hydrogens is 357 g/mol. The number of pyridine rings is 1. The van der Waals surface area contributed by atoms with Crippen molar-refractivity contribution in [1.29, 1.82) is 0 Å². The first-order valence-corrected chi connectivity index (χ1v) is 7.40. The number of nitrogens with zero attached hydrogens (tertiary/aromatic N) is 1. The summed E-state index contributed by atoms with van der Waals surface area (Å²) < 4.78 is 42.5. The van der Waals surface area contributed by atoms with Crippen LogP contribution in [0.2, 0.25) is 5.02 Å². The smallest absolute Gasteiger partial charge is 0.417 e. The lowest BCUT2D eigenvalue weighted by Crippen LogP contribution is -2.24. The number of ether oxygens (including phenoxy) is 1. The van der Waals surface area contributed by atoms with Crippen LogP contribution in [0.15, 0.2) is 42.6 Å². The maximum atomic E-state index is 12.5. The molecule has 4 nitrogen and oxygen atoms in total. The summed E-state index contributed by atoms with van der Waals surface area (Å²) in [6.45, 7) is 0.0546. The van der Waals surface area contributed by atoms with E-state index < -0.39 is 17.8 Å². The maximum absolute atomic E-state index is 12.5. The molecule has 1 heterocycles. The number of nitrogens with one attached hydrogen (secondary N) is 1. The molecule has 0 saturated heterocycles. The third kappa shape index (κ3) is 6.01. The number of alkyl carbamates (subject to hydrolysis) is 1. The lowest BCUT2D eigenvalue weighted by Gasteiger charge is -2.06. The van der Waals surface area contributed by atoms with Crippen molar-refractivity contribution in [3.8, 4) is 11.8 Å². The van der Waals surface area contributed by atoms with Crippen molar-refractivity contribution in [3.63, 3.8) is 0 Å². The number of halogens is 4. The highest BCUT2D eigenvalue weighted by molar-refractivity contribution is 6.31. The Morgan fingerprint density at radius 3 is 2.64 bits per heavy atom. The number of rotatable bonds is 3. The average Bonchev–Trinajstić information content (AvgIpc) is 2.58. The fraction of sp³-hybridized carbons (Fsp3) is 0.176. The van der Waals surface area contributed by atoms with Gasteiger partial charge in [0.1, 0.15) is 12.3 Å². The summed E-state index contributed by atoms with van der Waals surface area (Å²) in [4.78, 5) is 15.0. The van der Waals surface area contributed by atoms with E-state index in [9.17, 15) is 18.0 Å². The van der Waals surface area contributed by atoms with E-state index >= 15 is 0 Å². The van der Waals surface area contributed by atoms with Crippen LogP contribution in [-0.2, 0) is 17.5 Å². The van der Waals surface area contributed by atoms with Crippen molar-refractivity contribution in [2.75, 3.05) is 6.54 Å². The SMILES string of the molecule is O=C(NCC#Cc1ncc(C(F)(F)F)cc1Cl)OCc1ccccc1. The monoisotopic (exact) mass is 368 g/mol. The molecule has 130 valence electrons. The highest BCUT2D eigenvalue weighted by atomic mass is 35.5. The van der Waals surface area contributed by atoms with E-state index in [2.05, 4.69) is 22.1 Å². The molecule has 8 heteroatoms. The molecule has 2 rings (SSSR count). The predicted molar refractivity (Wildman–Crippen MR) is 85.8 cm³/mol. The van der Waals surface area contributed by atoms with Crippen molar-refractivity contribution >= 4 is 17.7 Å². The van der Waals surface area contributed by atoms with Crippen LogP contribution in [0, 0.1) is 11.8 Å². The largest absolute Gasteiger partial charge is 0.445 e. The summed E-state index contributed by atoms with van der Waals surface area (Å²) in [6.07, 6.45) is -4.53. The number of hydrogen-bond donors (Lipinski definition) is 1. The fourth-order valence-electron chi connectivity index (χ4n) is 1.70. The van der Waals surface area contributed by atoms with Gasteiger partial charge in [0.2, 0.25) is 0 Å². The number of amides is 1. The van der Waals surface area contributed by atoms with E-state index in [-0.39, 0.29) is 23.9 Å². The lowest BCUT2D eigenvalue weighted by molar-refractivity contribution is -0.137. The summed E-state index contributed by atoms with van der Waals surface area (Å²) >= 11 is 5.72. The van der Waals surface area contributed by atoms with E-state index in [1.165, 1.54) is 0 Å². The van der Waals surface area contributed by atoms with Crippen LogP contribution in [-0.4, -0.2) is 17.6 Å². The van der Waals surface area contributed by atoms with Crippen LogP contribution in [0.5, 0.6) is 0 Å². The number of benzene rings is 1. The maximum Gasteiger partial charge on any atom is 0.417 e. The molecule has 0 spiro atoms. The number of alkyl halides is 3. The highest BCUT2D eigenvalue weighted by Gasteiger charge is 2.31. The van der Waals surface area contributed by atoms with Crippen molar-refractivity contribution < 1.29 is 22.7 Å². The van der Waals surface area contributed by atoms with E-state index in [1.807, 2.05) is 30.3 Å². The minimum absolute atomic E-state index is 0.00544. The Kier molecular flexibility index (Phi) is 6.25. The number of hydrogen-bond acceptors (Lipinski definition) is 3. The van der Waals surface area contributed by atoms with Crippen molar-refractivity contribution in [2.24, 2.45) is 0 Å². The van der Waals surface area contributed by atoms with Crippen LogP contribution in [0.1, 0.15) is 16.8 Å². The van der Waals surface area contributed by atoms with Crippen LogP contribution < -0.4 is 5.32 Å². The van der Waals surface area contributed by atoms with Crippen molar-refractivity contribution in [3.05, 3.63) is 64.4 Å². The van der Waals surface area contributed by atoms with Crippen molar-refractivity contribution in [2.45, 2.75) is 12.8 Å². The van der Waals surface area contributed by atoms with Gasteiger partial charge in [-0.2, -0.15) is 13.2 Å². The molecule has 2 aromatic rings. The van der Waals surface area contributed by atoms with Gasteiger partial charge >= 0.3 is 12.3 Å². The summed E-state index contributed by atoms with van der Waals surface area (Å²) in [5.41, 5.74) is -0.121. The molecule has 1 aromatic heterocycles. The van der Waals surface area contributed by atoms with Gasteiger partial charge in [0.15, 0.2) is 0 Å². The van der Waals surface area contributed by atoms with Gasteiger partial charge in [0.05, 0.1) is 17.1 Å². The van der Waals surface area contributed by atoms with Gasteiger partial charge < -0.3 is 10.1 Å². The molecule has 0 aliphatic rings. The molecule has 0 aliphatic carbocycles. The molecule has 0 saturated carbocycles. The Bertz CT molecular complexity index is 799. The minimum Gasteiger partial charge on any atom is -0.445 e. The summed E-state index contributed by atoms with van der Waals surface area (Å²) in [6, 6.07) is 9.86. The molecule has 0 atom stereocenters. The van der Waals surface area contributed by atoms with E-state index in [4.69, 9.17) is 16.3 Å². The molecule has 0 fully saturated rings. The van der Waals surface area contributed by atoms with Gasteiger partial charge in [-0.3, -0.25) is 0 Å². The molecule has 1 amide bonds. The van der Waals surface area contributed by atoms with Gasteiger partial charge in [-0.15, -0.1) is 0 Å². The minimum atomic E-state index is -4.52. The van der Waals surface area contributed by atoms with Gasteiger partial charge in [0, 0.05) is 6.20 Å². The summed E-state index contributed by atoms with van der Waals surface area (Å²) in [7, 11) is 0. The van der Waals surface area contributed by atoms with Gasteiger partial charge in [-0.05, 0) is 17.6 Å². The average molecular weight is 369 g/mol. The topological polar surface area (TPSA) is 51.2 Å². The van der Waals surface area contributed by atoms with Gasteiger partial charge in [-0.1, -0.05) is 47.9 Å². The molecule has 1 N–H and O–H groups in total. The van der Waals surface area contributed by atoms with E-state index in [0.717, 1.165) is 11.6 Å². The Hall–Kier alpha value is -2.72. The Balaban J connectivity index is 1.83. The van der Waals surface area contributed by atoms with Crippen LogP contribution in [0.25, 0.3) is 0 Å². The Morgan fingerprint density at radius 2 is 2.00 bits per heavy atom. The molecule has 0 radical (unpaired) electrons. The second-order valence-corrected chi connectivity index (χ2v) is 5.18. The Morgan fingerprint density at radius 1 is 1.28 bits per heavy atom. The zero-order valence-corrected chi connectivity index (χ0v) is 13.5. The summed E-state index contributed by atoms with van der Waals surface area (Å²) in [5.74, 6) is 5.03. The first kappa shape index (κ1) is 18.6. The van der Waals surface area contributed by atoms with Crippen molar-refractivity contribution in [1.82, 2.24) is 10.3 Å². The van der Waals surface area contributed by atoms with Gasteiger partial charge in [0.25, 0.3) is 0 Å². The molecular formula is C17H12ClF3N2O2. The lowest BCUT2D eigenvalue weighted by atomic mass is 10.2. The summed E-state index contributed by atoms with van der Waals surface area (Å²) in [5, 5.41) is 2.18. The van der Waals surface area contributed by atoms with Crippen LogP contribution in [0.3, 0.4) is 0 Å². The molecule has 0 unspecified atom stereocenters. The third-order valence-electron chi connectivity index (χ3n) is 2.91. The first-order chi connectivity index (χ1) is 11.9. The third-order valence-corrected chi connectivity index (χ3v) is 3.20. The fourth-order valence-corrected chi connectivity index (χ4v) is 1.92. The standard InChI is InChI=1S/C17H12ClF3N2O2/c18-14-9-13(17(19,20)21)10-23-15(14)7-4-8-22-16(24)25-11-12-5-2-1-3-6-12/h1-3,5-6,9-10H,8,11H2,(H,22,24). The quantitative estimate of drug-likeness (QED) is 0.832. The second kappa shape index (κ2) is 8.40. The molecule has 0 aliphatic heterocycles. The number of carbonyl (C=O) groups is 1.